The number of rotatable bonds is 4. The highest BCUT2D eigenvalue weighted by Crippen LogP contribution is 2.38. The van der Waals surface area contributed by atoms with Crippen molar-refractivity contribution >= 4 is 27.0 Å². The largest absolute Gasteiger partial charge is 0.496 e. The van der Waals surface area contributed by atoms with Gasteiger partial charge in [-0.2, -0.15) is 22.0 Å². The molecule has 0 N–H and O–H groups in total. The summed E-state index contributed by atoms with van der Waals surface area (Å²) >= 11 is 3.28. The standard InChI is InChI=1S/C17H10BrF5N2O2/c1-26-13-3-2-8(4-11(13)18)10-5-9(17(21,22)23)6-12-15(10)24-7-14(25-12)27-16(19)20/h2-7,16H,1H3. The number of fused-ring (bicyclic) bond motifs is 1. The zero-order chi connectivity index (χ0) is 19.8. The first-order valence-corrected chi connectivity index (χ1v) is 8.15. The van der Waals surface area contributed by atoms with Crippen molar-refractivity contribution in [1.82, 2.24) is 9.97 Å². The third-order valence-corrected chi connectivity index (χ3v) is 4.24. The number of benzene rings is 2. The van der Waals surface area contributed by atoms with Gasteiger partial charge < -0.3 is 9.47 Å². The minimum absolute atomic E-state index is 0.113. The number of alkyl halides is 5. The first-order valence-electron chi connectivity index (χ1n) is 7.35. The third kappa shape index (κ3) is 4.10. The summed E-state index contributed by atoms with van der Waals surface area (Å²) in [6.45, 7) is -3.17. The summed E-state index contributed by atoms with van der Waals surface area (Å²) in [6, 6.07) is 6.37. The van der Waals surface area contributed by atoms with E-state index in [0.717, 1.165) is 18.3 Å². The van der Waals surface area contributed by atoms with Crippen molar-refractivity contribution in [2.75, 3.05) is 7.11 Å². The molecular formula is C17H10BrF5N2O2. The lowest BCUT2D eigenvalue weighted by molar-refractivity contribution is -0.137. The molecular weight excluding hydrogens is 439 g/mol. The van der Waals surface area contributed by atoms with Crippen LogP contribution in [0.15, 0.2) is 41.0 Å². The van der Waals surface area contributed by atoms with Gasteiger partial charge in [0, 0.05) is 5.56 Å². The minimum atomic E-state index is -4.66. The summed E-state index contributed by atoms with van der Waals surface area (Å²) in [6.07, 6.45) is -3.72. The molecule has 0 fully saturated rings. The predicted molar refractivity (Wildman–Crippen MR) is 90.9 cm³/mol. The van der Waals surface area contributed by atoms with E-state index in [0.29, 0.717) is 15.8 Å². The van der Waals surface area contributed by atoms with Gasteiger partial charge in [-0.05, 0) is 45.8 Å². The Balaban J connectivity index is 2.25. The van der Waals surface area contributed by atoms with Crippen LogP contribution in [0, 0.1) is 0 Å². The van der Waals surface area contributed by atoms with Gasteiger partial charge in [-0.25, -0.2) is 9.97 Å². The molecule has 0 unspecified atom stereocenters. The zero-order valence-corrected chi connectivity index (χ0v) is 15.1. The molecule has 3 aromatic rings. The van der Waals surface area contributed by atoms with Crippen LogP contribution in [-0.4, -0.2) is 23.7 Å². The average Bonchev–Trinajstić information content (AvgIpc) is 2.59. The number of nitrogens with zero attached hydrogens (tertiary/aromatic N) is 2. The molecule has 1 heterocycles. The van der Waals surface area contributed by atoms with E-state index in [1.807, 2.05) is 0 Å². The molecule has 142 valence electrons. The normalized spacial score (nSPS) is 11.9. The molecule has 10 heteroatoms. The van der Waals surface area contributed by atoms with Gasteiger partial charge in [-0.3, -0.25) is 0 Å². The number of hydrogen-bond acceptors (Lipinski definition) is 4. The van der Waals surface area contributed by atoms with Crippen LogP contribution in [0.25, 0.3) is 22.2 Å². The van der Waals surface area contributed by atoms with Crippen LogP contribution in [0.1, 0.15) is 5.56 Å². The maximum Gasteiger partial charge on any atom is 0.416 e. The molecule has 0 spiro atoms. The van der Waals surface area contributed by atoms with E-state index in [4.69, 9.17) is 4.74 Å². The van der Waals surface area contributed by atoms with Gasteiger partial charge in [-0.1, -0.05) is 6.07 Å². The highest BCUT2D eigenvalue weighted by Gasteiger charge is 2.32. The number of hydrogen-bond donors (Lipinski definition) is 0. The number of ether oxygens (including phenoxy) is 2. The second-order valence-electron chi connectivity index (χ2n) is 5.33. The quantitative estimate of drug-likeness (QED) is 0.481. The van der Waals surface area contributed by atoms with E-state index in [1.54, 1.807) is 18.2 Å². The summed E-state index contributed by atoms with van der Waals surface area (Å²) < 4.78 is 74.4. The number of aromatic nitrogens is 2. The molecule has 0 atom stereocenters. The van der Waals surface area contributed by atoms with E-state index in [-0.39, 0.29) is 16.6 Å². The summed E-state index contributed by atoms with van der Waals surface area (Å²) in [5.74, 6) is -0.0765. The monoisotopic (exact) mass is 448 g/mol. The summed E-state index contributed by atoms with van der Waals surface area (Å²) in [5.41, 5.74) is -0.540. The topological polar surface area (TPSA) is 44.2 Å². The zero-order valence-electron chi connectivity index (χ0n) is 13.5. The molecule has 0 aliphatic carbocycles. The molecule has 0 bridgehead atoms. The van der Waals surface area contributed by atoms with Crippen molar-refractivity contribution in [1.29, 1.82) is 0 Å². The third-order valence-electron chi connectivity index (χ3n) is 3.62. The van der Waals surface area contributed by atoms with E-state index in [2.05, 4.69) is 30.6 Å². The van der Waals surface area contributed by atoms with Crippen molar-refractivity contribution < 1.29 is 31.4 Å². The molecule has 0 saturated heterocycles. The van der Waals surface area contributed by atoms with E-state index in [9.17, 15) is 22.0 Å². The summed E-state index contributed by atoms with van der Waals surface area (Å²) in [7, 11) is 1.45. The Morgan fingerprint density at radius 2 is 1.85 bits per heavy atom. The predicted octanol–water partition coefficient (Wildman–Crippen LogP) is 5.69. The number of halogens is 6. The first-order chi connectivity index (χ1) is 12.7. The minimum Gasteiger partial charge on any atom is -0.496 e. The lowest BCUT2D eigenvalue weighted by atomic mass is 10.0. The van der Waals surface area contributed by atoms with Crippen LogP contribution in [0.4, 0.5) is 22.0 Å². The van der Waals surface area contributed by atoms with Crippen LogP contribution >= 0.6 is 15.9 Å². The molecule has 0 radical (unpaired) electrons. The van der Waals surface area contributed by atoms with E-state index in [1.165, 1.54) is 7.11 Å². The Morgan fingerprint density at radius 3 is 2.44 bits per heavy atom. The summed E-state index contributed by atoms with van der Waals surface area (Å²) in [4.78, 5) is 7.70. The van der Waals surface area contributed by atoms with Crippen molar-refractivity contribution in [3.8, 4) is 22.8 Å². The molecule has 27 heavy (non-hydrogen) atoms. The maximum absolute atomic E-state index is 13.3. The van der Waals surface area contributed by atoms with Crippen molar-refractivity contribution in [2.24, 2.45) is 0 Å². The van der Waals surface area contributed by atoms with Gasteiger partial charge in [0.2, 0.25) is 5.88 Å². The second kappa shape index (κ2) is 7.26. The summed E-state index contributed by atoms with van der Waals surface area (Å²) in [5, 5.41) is 0. The average molecular weight is 449 g/mol. The van der Waals surface area contributed by atoms with Crippen LogP contribution in [0.3, 0.4) is 0 Å². The first kappa shape index (κ1) is 19.3. The molecule has 4 nitrogen and oxygen atoms in total. The molecule has 3 rings (SSSR count). The fraction of sp³-hybridized carbons (Fsp3) is 0.176. The second-order valence-corrected chi connectivity index (χ2v) is 6.18. The molecule has 1 aromatic heterocycles. The number of methoxy groups -OCH3 is 1. The molecule has 0 saturated carbocycles. The van der Waals surface area contributed by atoms with E-state index < -0.39 is 24.2 Å². The van der Waals surface area contributed by atoms with Crippen LogP contribution in [0.5, 0.6) is 11.6 Å². The van der Waals surface area contributed by atoms with Gasteiger partial charge in [-0.15, -0.1) is 0 Å². The van der Waals surface area contributed by atoms with Crippen molar-refractivity contribution in [3.05, 3.63) is 46.6 Å². The highest BCUT2D eigenvalue weighted by atomic mass is 79.9. The Morgan fingerprint density at radius 1 is 1.11 bits per heavy atom. The maximum atomic E-state index is 13.3. The molecule has 0 aliphatic heterocycles. The van der Waals surface area contributed by atoms with Crippen molar-refractivity contribution in [2.45, 2.75) is 12.8 Å². The highest BCUT2D eigenvalue weighted by molar-refractivity contribution is 9.10. The van der Waals surface area contributed by atoms with Gasteiger partial charge in [0.1, 0.15) is 5.75 Å². The lowest BCUT2D eigenvalue weighted by Crippen LogP contribution is -2.07. The smallest absolute Gasteiger partial charge is 0.416 e. The van der Waals surface area contributed by atoms with Gasteiger partial charge in [0.05, 0.1) is 34.4 Å². The van der Waals surface area contributed by atoms with Gasteiger partial charge in [0.25, 0.3) is 0 Å². The van der Waals surface area contributed by atoms with Crippen LogP contribution < -0.4 is 9.47 Å². The van der Waals surface area contributed by atoms with Gasteiger partial charge >= 0.3 is 12.8 Å². The Kier molecular flexibility index (Phi) is 5.18. The van der Waals surface area contributed by atoms with Crippen LogP contribution in [0.2, 0.25) is 0 Å². The van der Waals surface area contributed by atoms with Gasteiger partial charge in [0.15, 0.2) is 0 Å². The SMILES string of the molecule is COc1ccc(-c2cc(C(F)(F)F)cc3nc(OC(F)F)cnc23)cc1Br. The molecule has 2 aromatic carbocycles. The fourth-order valence-corrected chi connectivity index (χ4v) is 3.01. The lowest BCUT2D eigenvalue weighted by Gasteiger charge is -2.13. The molecule has 0 aliphatic rings. The van der Waals surface area contributed by atoms with E-state index >= 15 is 0 Å². The van der Waals surface area contributed by atoms with Crippen molar-refractivity contribution in [3.63, 3.8) is 0 Å². The Labute approximate surface area is 158 Å². The Hall–Kier alpha value is -2.49. The molecule has 0 amide bonds. The Bertz CT molecular complexity index is 995. The fourth-order valence-electron chi connectivity index (χ4n) is 2.47. The van der Waals surface area contributed by atoms with Crippen LogP contribution in [-0.2, 0) is 6.18 Å².